The number of benzene rings is 2. The molecular formula is C26H30ClN5O. The molecule has 0 aliphatic rings. The smallest absolute Gasteiger partial charge is 0.157 e. The van der Waals surface area contributed by atoms with Crippen molar-refractivity contribution in [2.45, 2.75) is 34.1 Å². The minimum Gasteiger partial charge on any atom is -0.488 e. The third kappa shape index (κ3) is 7.32. The van der Waals surface area contributed by atoms with Crippen LogP contribution < -0.4 is 10.1 Å². The van der Waals surface area contributed by atoms with Crippen molar-refractivity contribution in [1.82, 2.24) is 19.7 Å². The molecule has 2 aromatic carbocycles. The monoisotopic (exact) mass is 463 g/mol. The zero-order valence-corrected chi connectivity index (χ0v) is 20.3. The fourth-order valence-corrected chi connectivity index (χ4v) is 3.27. The highest BCUT2D eigenvalue weighted by Gasteiger charge is 2.07. The summed E-state index contributed by atoms with van der Waals surface area (Å²) in [4.78, 5) is 8.30. The summed E-state index contributed by atoms with van der Waals surface area (Å²) in [7, 11) is 0. The van der Waals surface area contributed by atoms with Crippen molar-refractivity contribution in [2.24, 2.45) is 0 Å². The van der Waals surface area contributed by atoms with E-state index in [1.165, 1.54) is 23.0 Å². The van der Waals surface area contributed by atoms with Gasteiger partial charge < -0.3 is 10.1 Å². The topological polar surface area (TPSA) is 64.9 Å². The standard InChI is InChI=1S/C18H20ClN5O.C8H10/c1-3-16-17(19)18(22-12-21-16)20-8-9-25-15-10-23-24(11-15)14-6-4-13(2)5-7-14;1-7-3-5-8(2)6-4-7/h4-7,10-12H,3,8-9H2,1-2H3,(H,20,21,22);3-6H,1-2H3. The molecule has 2 aromatic heterocycles. The Bertz CT molecular complexity index is 1120. The van der Waals surface area contributed by atoms with E-state index >= 15 is 0 Å². The minimum absolute atomic E-state index is 0.474. The highest BCUT2D eigenvalue weighted by atomic mass is 35.5. The molecule has 172 valence electrons. The fourth-order valence-electron chi connectivity index (χ4n) is 2.97. The molecule has 0 radical (unpaired) electrons. The lowest BCUT2D eigenvalue weighted by Crippen LogP contribution is -2.13. The summed E-state index contributed by atoms with van der Waals surface area (Å²) in [5.74, 6) is 1.35. The molecule has 33 heavy (non-hydrogen) atoms. The molecule has 0 unspecified atom stereocenters. The Morgan fingerprint density at radius 3 is 2.12 bits per heavy atom. The summed E-state index contributed by atoms with van der Waals surface area (Å²) < 4.78 is 7.51. The summed E-state index contributed by atoms with van der Waals surface area (Å²) in [6.07, 6.45) is 5.84. The lowest BCUT2D eigenvalue weighted by atomic mass is 10.2. The first-order valence-corrected chi connectivity index (χ1v) is 11.3. The first-order chi connectivity index (χ1) is 16.0. The average Bonchev–Trinajstić information content (AvgIpc) is 3.29. The zero-order valence-electron chi connectivity index (χ0n) is 19.5. The predicted molar refractivity (Wildman–Crippen MR) is 135 cm³/mol. The van der Waals surface area contributed by atoms with Gasteiger partial charge in [-0.15, -0.1) is 0 Å². The van der Waals surface area contributed by atoms with Crippen LogP contribution in [0, 0.1) is 20.8 Å². The number of halogens is 1. The van der Waals surface area contributed by atoms with Crippen molar-refractivity contribution >= 4 is 17.4 Å². The maximum Gasteiger partial charge on any atom is 0.157 e. The second kappa shape index (κ2) is 12.0. The van der Waals surface area contributed by atoms with Gasteiger partial charge in [0, 0.05) is 0 Å². The number of nitrogens with one attached hydrogen (secondary N) is 1. The zero-order chi connectivity index (χ0) is 23.6. The van der Waals surface area contributed by atoms with Gasteiger partial charge in [0.15, 0.2) is 5.75 Å². The van der Waals surface area contributed by atoms with Crippen LogP contribution in [0.15, 0.2) is 67.3 Å². The van der Waals surface area contributed by atoms with E-state index in [-0.39, 0.29) is 0 Å². The Morgan fingerprint density at radius 2 is 1.52 bits per heavy atom. The third-order valence-corrected chi connectivity index (χ3v) is 5.33. The molecule has 7 heteroatoms. The van der Waals surface area contributed by atoms with Gasteiger partial charge in [-0.1, -0.05) is 71.6 Å². The molecule has 0 spiro atoms. The Hall–Kier alpha value is -3.38. The number of aromatic nitrogens is 4. The highest BCUT2D eigenvalue weighted by Crippen LogP contribution is 2.21. The van der Waals surface area contributed by atoms with E-state index < -0.39 is 0 Å². The van der Waals surface area contributed by atoms with Gasteiger partial charge in [0.05, 0.1) is 30.3 Å². The van der Waals surface area contributed by atoms with Gasteiger partial charge in [-0.25, -0.2) is 14.6 Å². The molecule has 4 aromatic rings. The van der Waals surface area contributed by atoms with Crippen LogP contribution in [0.4, 0.5) is 5.82 Å². The number of hydrogen-bond donors (Lipinski definition) is 1. The van der Waals surface area contributed by atoms with Crippen molar-refractivity contribution in [3.63, 3.8) is 0 Å². The van der Waals surface area contributed by atoms with Crippen LogP contribution in [0.5, 0.6) is 5.75 Å². The lowest BCUT2D eigenvalue weighted by Gasteiger charge is -2.09. The number of rotatable bonds is 7. The van der Waals surface area contributed by atoms with Crippen LogP contribution in [0.1, 0.15) is 29.3 Å². The summed E-state index contributed by atoms with van der Waals surface area (Å²) >= 11 is 6.25. The quantitative estimate of drug-likeness (QED) is 0.341. The van der Waals surface area contributed by atoms with Gasteiger partial charge in [0.2, 0.25) is 0 Å². The minimum atomic E-state index is 0.474. The largest absolute Gasteiger partial charge is 0.488 e. The van der Waals surface area contributed by atoms with Crippen LogP contribution in [0.3, 0.4) is 0 Å². The molecule has 0 aliphatic heterocycles. The first-order valence-electron chi connectivity index (χ1n) is 11.0. The number of aryl methyl sites for hydroxylation is 4. The number of nitrogens with zero attached hydrogens (tertiary/aromatic N) is 4. The normalized spacial score (nSPS) is 10.3. The van der Waals surface area contributed by atoms with Gasteiger partial charge in [-0.05, 0) is 39.3 Å². The second-order valence-electron chi connectivity index (χ2n) is 7.72. The number of ether oxygens (including phenoxy) is 1. The van der Waals surface area contributed by atoms with Crippen molar-refractivity contribution in [3.05, 3.63) is 94.7 Å². The predicted octanol–water partition coefficient (Wildman–Crippen LogP) is 5.98. The summed E-state index contributed by atoms with van der Waals surface area (Å²) in [5.41, 5.74) is 5.71. The van der Waals surface area contributed by atoms with Gasteiger partial charge in [-0.3, -0.25) is 0 Å². The van der Waals surface area contributed by atoms with Crippen LogP contribution >= 0.6 is 11.6 Å². The first kappa shape index (κ1) is 24.3. The molecule has 1 N–H and O–H groups in total. The van der Waals surface area contributed by atoms with E-state index in [1.54, 1.807) is 10.9 Å². The van der Waals surface area contributed by atoms with E-state index in [9.17, 15) is 0 Å². The van der Waals surface area contributed by atoms with E-state index in [1.807, 2.05) is 25.3 Å². The van der Waals surface area contributed by atoms with Crippen molar-refractivity contribution in [3.8, 4) is 11.4 Å². The third-order valence-electron chi connectivity index (χ3n) is 4.94. The van der Waals surface area contributed by atoms with Crippen molar-refractivity contribution < 1.29 is 4.74 Å². The Morgan fingerprint density at radius 1 is 0.909 bits per heavy atom. The van der Waals surface area contributed by atoms with Crippen LogP contribution in [0.2, 0.25) is 5.02 Å². The Labute approximate surface area is 200 Å². The van der Waals surface area contributed by atoms with Gasteiger partial charge in [-0.2, -0.15) is 5.10 Å². The number of hydrogen-bond acceptors (Lipinski definition) is 5. The molecule has 0 atom stereocenters. The molecule has 0 bridgehead atoms. The van der Waals surface area contributed by atoms with E-state index in [4.69, 9.17) is 16.3 Å². The molecular weight excluding hydrogens is 434 g/mol. The highest BCUT2D eigenvalue weighted by molar-refractivity contribution is 6.33. The van der Waals surface area contributed by atoms with Gasteiger partial charge in [0.1, 0.15) is 23.8 Å². The summed E-state index contributed by atoms with van der Waals surface area (Å²) in [6, 6.07) is 16.6. The summed E-state index contributed by atoms with van der Waals surface area (Å²) in [5, 5.41) is 8.05. The van der Waals surface area contributed by atoms with E-state index in [2.05, 4.69) is 77.6 Å². The Balaban J connectivity index is 0.000000323. The van der Waals surface area contributed by atoms with E-state index in [0.29, 0.717) is 29.7 Å². The lowest BCUT2D eigenvalue weighted by molar-refractivity contribution is 0.332. The molecule has 0 aliphatic carbocycles. The molecule has 0 fully saturated rings. The van der Waals surface area contributed by atoms with Gasteiger partial charge >= 0.3 is 0 Å². The molecule has 0 saturated carbocycles. The number of anilines is 1. The molecule has 0 saturated heterocycles. The Kier molecular flexibility index (Phi) is 8.84. The molecule has 4 rings (SSSR count). The fraction of sp³-hybridized carbons (Fsp3) is 0.269. The van der Waals surface area contributed by atoms with Crippen molar-refractivity contribution in [2.75, 3.05) is 18.5 Å². The molecule has 0 amide bonds. The average molecular weight is 464 g/mol. The van der Waals surface area contributed by atoms with Crippen LogP contribution in [0.25, 0.3) is 5.69 Å². The second-order valence-corrected chi connectivity index (χ2v) is 8.10. The molecule has 2 heterocycles. The molecule has 6 nitrogen and oxygen atoms in total. The maximum atomic E-state index is 6.25. The maximum absolute atomic E-state index is 6.25. The van der Waals surface area contributed by atoms with E-state index in [0.717, 1.165) is 17.8 Å². The van der Waals surface area contributed by atoms with Crippen LogP contribution in [-0.2, 0) is 6.42 Å². The SMILES string of the molecule is CCc1ncnc(NCCOc2cnn(-c3ccc(C)cc3)c2)c1Cl.Cc1ccc(C)cc1. The van der Waals surface area contributed by atoms with Crippen LogP contribution in [-0.4, -0.2) is 32.9 Å². The van der Waals surface area contributed by atoms with Gasteiger partial charge in [0.25, 0.3) is 0 Å². The van der Waals surface area contributed by atoms with Crippen molar-refractivity contribution in [1.29, 1.82) is 0 Å². The summed E-state index contributed by atoms with van der Waals surface area (Å²) in [6.45, 7) is 9.31.